The average molecular weight is 393 g/mol. The van der Waals surface area contributed by atoms with Gasteiger partial charge in [-0.1, -0.05) is 42.5 Å². The van der Waals surface area contributed by atoms with Gasteiger partial charge in [0.15, 0.2) is 6.04 Å². The van der Waals surface area contributed by atoms with Crippen LogP contribution in [0.2, 0.25) is 0 Å². The Morgan fingerprint density at radius 2 is 1.86 bits per heavy atom. The minimum absolute atomic E-state index is 0.0636. The molecule has 0 fully saturated rings. The van der Waals surface area contributed by atoms with E-state index < -0.39 is 29.8 Å². The molecule has 0 unspecified atom stereocenters. The van der Waals surface area contributed by atoms with E-state index in [1.807, 2.05) is 30.3 Å². The molecule has 1 rings (SSSR count). The smallest absolute Gasteiger partial charge is 0.408 e. The summed E-state index contributed by atoms with van der Waals surface area (Å²) in [7, 11) is 0. The summed E-state index contributed by atoms with van der Waals surface area (Å²) in [5.41, 5.74) is 0.154. The molecule has 1 aromatic rings. The van der Waals surface area contributed by atoms with E-state index in [-0.39, 0.29) is 19.8 Å². The molecule has 0 spiro atoms. The number of hydrogen-bond acceptors (Lipinski definition) is 6. The maximum Gasteiger partial charge on any atom is 0.408 e. The Morgan fingerprint density at radius 3 is 2.46 bits per heavy atom. The normalized spacial score (nSPS) is 13.8. The minimum Gasteiger partial charge on any atom is -0.459 e. The third kappa shape index (κ3) is 11.4. The summed E-state index contributed by atoms with van der Waals surface area (Å²) in [4.78, 5) is 24.4. The van der Waals surface area contributed by atoms with Crippen LogP contribution in [0.3, 0.4) is 0 Å². The summed E-state index contributed by atoms with van der Waals surface area (Å²) in [6.07, 6.45) is 2.90. The third-order valence-electron chi connectivity index (χ3n) is 3.34. The molecule has 0 aliphatic carbocycles. The van der Waals surface area contributed by atoms with Gasteiger partial charge in [0.2, 0.25) is 0 Å². The summed E-state index contributed by atoms with van der Waals surface area (Å²) in [6.45, 7) is 7.17. The highest BCUT2D eigenvalue weighted by atomic mass is 16.6. The number of benzene rings is 1. The van der Waals surface area contributed by atoms with Crippen LogP contribution in [0.5, 0.6) is 0 Å². The lowest BCUT2D eigenvalue weighted by Gasteiger charge is -2.22. The topological polar surface area (TPSA) is 94.1 Å². The molecule has 1 aromatic carbocycles. The van der Waals surface area contributed by atoms with Crippen LogP contribution in [-0.4, -0.2) is 48.1 Å². The number of ether oxygens (including phenoxy) is 3. The third-order valence-corrected chi connectivity index (χ3v) is 3.34. The van der Waals surface area contributed by atoms with Crippen molar-refractivity contribution in [1.82, 2.24) is 5.32 Å². The first kappa shape index (κ1) is 23.7. The van der Waals surface area contributed by atoms with Gasteiger partial charge in [0.25, 0.3) is 0 Å². The van der Waals surface area contributed by atoms with Gasteiger partial charge in [0.05, 0.1) is 19.3 Å². The predicted octanol–water partition coefficient (Wildman–Crippen LogP) is 2.97. The van der Waals surface area contributed by atoms with Crippen molar-refractivity contribution in [1.29, 1.82) is 0 Å². The van der Waals surface area contributed by atoms with E-state index in [9.17, 15) is 14.7 Å². The number of aliphatic hydroxyl groups is 1. The van der Waals surface area contributed by atoms with E-state index in [0.29, 0.717) is 6.42 Å². The van der Waals surface area contributed by atoms with Gasteiger partial charge in [-0.15, -0.1) is 0 Å². The number of hydrogen-bond donors (Lipinski definition) is 2. The molecule has 0 radical (unpaired) electrons. The van der Waals surface area contributed by atoms with Crippen molar-refractivity contribution in [3.63, 3.8) is 0 Å². The molecular formula is C21H31NO6. The number of aliphatic hydroxyl groups excluding tert-OH is 1. The van der Waals surface area contributed by atoms with E-state index in [0.717, 1.165) is 5.56 Å². The molecule has 1 amide bonds. The summed E-state index contributed by atoms with van der Waals surface area (Å²) >= 11 is 0. The second-order valence-electron chi connectivity index (χ2n) is 7.39. The fourth-order valence-corrected chi connectivity index (χ4v) is 2.06. The van der Waals surface area contributed by atoms with Crippen molar-refractivity contribution in [2.75, 3.05) is 13.2 Å². The van der Waals surface area contributed by atoms with Gasteiger partial charge in [0.1, 0.15) is 12.2 Å². The molecule has 0 aliphatic heterocycles. The summed E-state index contributed by atoms with van der Waals surface area (Å²) < 4.78 is 15.9. The van der Waals surface area contributed by atoms with E-state index in [1.165, 1.54) is 0 Å². The first-order valence-electron chi connectivity index (χ1n) is 9.28. The fraction of sp³-hybridized carbons (Fsp3) is 0.524. The highest BCUT2D eigenvalue weighted by Crippen LogP contribution is 2.08. The maximum atomic E-state index is 12.4. The van der Waals surface area contributed by atoms with Crippen LogP contribution in [-0.2, 0) is 25.6 Å². The first-order chi connectivity index (χ1) is 13.2. The minimum atomic E-state index is -0.997. The van der Waals surface area contributed by atoms with Crippen molar-refractivity contribution in [2.45, 2.75) is 58.5 Å². The highest BCUT2D eigenvalue weighted by Gasteiger charge is 2.25. The molecule has 0 saturated carbocycles. The second kappa shape index (κ2) is 12.2. The summed E-state index contributed by atoms with van der Waals surface area (Å²) in [5, 5.41) is 11.7. The number of carbonyl (C=O) groups is 2. The van der Waals surface area contributed by atoms with Crippen molar-refractivity contribution in [2.24, 2.45) is 0 Å². The van der Waals surface area contributed by atoms with E-state index >= 15 is 0 Å². The number of esters is 1. The lowest BCUT2D eigenvalue weighted by atomic mass is 10.2. The van der Waals surface area contributed by atoms with Gasteiger partial charge < -0.3 is 24.6 Å². The molecule has 0 aromatic heterocycles. The lowest BCUT2D eigenvalue weighted by Crippen LogP contribution is -2.46. The van der Waals surface area contributed by atoms with Crippen molar-refractivity contribution < 1.29 is 28.9 Å². The molecule has 7 nitrogen and oxygen atoms in total. The number of alkyl carbamates (subject to hydrolysis) is 1. The van der Waals surface area contributed by atoms with Gasteiger partial charge in [-0.2, -0.15) is 0 Å². The molecule has 0 heterocycles. The first-order valence-corrected chi connectivity index (χ1v) is 9.28. The van der Waals surface area contributed by atoms with E-state index in [1.54, 1.807) is 39.8 Å². The Balaban J connectivity index is 2.58. The quantitative estimate of drug-likeness (QED) is 0.361. The van der Waals surface area contributed by atoms with Gasteiger partial charge >= 0.3 is 12.1 Å². The van der Waals surface area contributed by atoms with Gasteiger partial charge in [0, 0.05) is 0 Å². The average Bonchev–Trinajstić information content (AvgIpc) is 2.60. The van der Waals surface area contributed by atoms with Crippen LogP contribution in [0.15, 0.2) is 42.5 Å². The number of carbonyl (C=O) groups excluding carboxylic acids is 2. The van der Waals surface area contributed by atoms with Gasteiger partial charge in [-0.25, -0.2) is 9.59 Å². The highest BCUT2D eigenvalue weighted by molar-refractivity contribution is 5.81. The largest absolute Gasteiger partial charge is 0.459 e. The number of nitrogens with one attached hydrogen (secondary N) is 1. The zero-order chi connectivity index (χ0) is 21.0. The van der Waals surface area contributed by atoms with Crippen molar-refractivity contribution in [3.8, 4) is 0 Å². The molecule has 2 atom stereocenters. The Bertz CT molecular complexity index is 622. The Hall–Kier alpha value is -2.38. The number of amides is 1. The van der Waals surface area contributed by atoms with Gasteiger partial charge in [-0.3, -0.25) is 0 Å². The van der Waals surface area contributed by atoms with Crippen LogP contribution < -0.4 is 5.32 Å². The molecule has 0 aliphatic rings. The van der Waals surface area contributed by atoms with Gasteiger partial charge in [-0.05, 0) is 39.7 Å². The number of rotatable bonds is 10. The lowest BCUT2D eigenvalue weighted by molar-refractivity contribution is -0.149. The van der Waals surface area contributed by atoms with Crippen LogP contribution in [0.1, 0.15) is 39.7 Å². The standard InChI is InChI=1S/C21H31NO6/c1-16(23)10-8-9-13-26-15-18(22-20(25)28-21(2,3)4)19(24)27-14-17-11-6-5-7-12-17/h5-9,11-12,16,18,23H,10,13-15H2,1-4H3,(H,22,25)/b9-8+/t16-,18-/m0/s1. The molecule has 7 heteroatoms. The SMILES string of the molecule is C[C@H](O)C/C=C/COC[C@H](NC(=O)OC(C)(C)C)C(=O)OCc1ccccc1. The van der Waals surface area contributed by atoms with Crippen molar-refractivity contribution >= 4 is 12.1 Å². The molecule has 0 bridgehead atoms. The Labute approximate surface area is 166 Å². The molecular weight excluding hydrogens is 362 g/mol. The predicted molar refractivity (Wildman–Crippen MR) is 106 cm³/mol. The molecule has 28 heavy (non-hydrogen) atoms. The Kier molecular flexibility index (Phi) is 10.3. The van der Waals surface area contributed by atoms with Crippen LogP contribution in [0.25, 0.3) is 0 Å². The second-order valence-corrected chi connectivity index (χ2v) is 7.39. The summed E-state index contributed by atoms with van der Waals surface area (Å²) in [6, 6.07) is 8.26. The van der Waals surface area contributed by atoms with Crippen molar-refractivity contribution in [3.05, 3.63) is 48.0 Å². The maximum absolute atomic E-state index is 12.4. The zero-order valence-corrected chi connectivity index (χ0v) is 17.0. The molecule has 2 N–H and O–H groups in total. The van der Waals surface area contributed by atoms with E-state index in [4.69, 9.17) is 14.2 Å². The summed E-state index contributed by atoms with van der Waals surface area (Å²) in [5.74, 6) is -0.609. The zero-order valence-electron chi connectivity index (χ0n) is 17.0. The van der Waals surface area contributed by atoms with Crippen LogP contribution >= 0.6 is 0 Å². The monoisotopic (exact) mass is 393 g/mol. The Morgan fingerprint density at radius 1 is 1.18 bits per heavy atom. The van der Waals surface area contributed by atoms with E-state index in [2.05, 4.69) is 5.32 Å². The fourth-order valence-electron chi connectivity index (χ4n) is 2.06. The molecule has 156 valence electrons. The van der Waals surface area contributed by atoms with Crippen LogP contribution in [0, 0.1) is 0 Å². The molecule has 0 saturated heterocycles. The van der Waals surface area contributed by atoms with Crippen LogP contribution in [0.4, 0.5) is 4.79 Å².